The third kappa shape index (κ3) is 2.19. The van der Waals surface area contributed by atoms with E-state index in [1.165, 1.54) is 12.8 Å². The van der Waals surface area contributed by atoms with E-state index in [2.05, 4.69) is 23.8 Å². The van der Waals surface area contributed by atoms with Gasteiger partial charge in [-0.05, 0) is 36.7 Å². The maximum atomic E-state index is 13.2. The molecule has 1 amide bonds. The summed E-state index contributed by atoms with van der Waals surface area (Å²) in [4.78, 5) is 15.3. The lowest BCUT2D eigenvalue weighted by atomic mass is 9.74. The van der Waals surface area contributed by atoms with Gasteiger partial charge in [0.05, 0.1) is 5.52 Å². The van der Waals surface area contributed by atoms with Crippen molar-refractivity contribution in [3.63, 3.8) is 0 Å². The Bertz CT molecular complexity index is 750. The van der Waals surface area contributed by atoms with Crippen LogP contribution in [0.25, 0.3) is 10.9 Å². The lowest BCUT2D eigenvalue weighted by Gasteiger charge is -2.33. The molecule has 1 aliphatic carbocycles. The molecule has 2 aromatic rings. The van der Waals surface area contributed by atoms with Gasteiger partial charge in [0, 0.05) is 25.0 Å². The van der Waals surface area contributed by atoms with Gasteiger partial charge in [-0.15, -0.1) is 0 Å². The van der Waals surface area contributed by atoms with Crippen LogP contribution in [-0.4, -0.2) is 33.2 Å². The molecule has 0 N–H and O–H groups in total. The quantitative estimate of drug-likeness (QED) is 0.852. The van der Waals surface area contributed by atoms with Crippen LogP contribution in [0.3, 0.4) is 0 Å². The summed E-state index contributed by atoms with van der Waals surface area (Å²) in [5, 5.41) is 5.51. The minimum absolute atomic E-state index is 0.123. The molecular formula is C19H25N3O. The van der Waals surface area contributed by atoms with Gasteiger partial charge in [0.15, 0.2) is 5.69 Å². The molecule has 1 saturated heterocycles. The van der Waals surface area contributed by atoms with Crippen molar-refractivity contribution >= 4 is 16.8 Å². The van der Waals surface area contributed by atoms with E-state index in [1.54, 1.807) is 0 Å². The fraction of sp³-hybridized carbons (Fsp3) is 0.579. The number of amides is 1. The number of nitrogens with zero attached hydrogens (tertiary/aromatic N) is 3. The smallest absolute Gasteiger partial charge is 0.275 e. The molecule has 4 rings (SSSR count). The normalized spacial score (nSPS) is 30.1. The molecular weight excluding hydrogens is 286 g/mol. The van der Waals surface area contributed by atoms with Crippen molar-refractivity contribution in [2.24, 2.45) is 24.8 Å². The van der Waals surface area contributed by atoms with Crippen LogP contribution >= 0.6 is 0 Å². The number of likely N-dealkylation sites (tertiary alicyclic amines) is 1. The van der Waals surface area contributed by atoms with Crippen LogP contribution in [0.4, 0.5) is 0 Å². The lowest BCUT2D eigenvalue weighted by Crippen LogP contribution is -2.39. The molecule has 2 aliphatic rings. The van der Waals surface area contributed by atoms with Crippen LogP contribution in [0.15, 0.2) is 24.3 Å². The minimum Gasteiger partial charge on any atom is -0.334 e. The first kappa shape index (κ1) is 14.7. The highest BCUT2D eigenvalue weighted by molar-refractivity contribution is 6.05. The molecule has 2 heterocycles. The number of benzene rings is 1. The maximum absolute atomic E-state index is 13.2. The Morgan fingerprint density at radius 2 is 2.09 bits per heavy atom. The number of fused-ring (bicyclic) bond motifs is 3. The highest BCUT2D eigenvalue weighted by Gasteiger charge is 2.46. The molecule has 23 heavy (non-hydrogen) atoms. The highest BCUT2D eigenvalue weighted by atomic mass is 16.2. The number of hydrogen-bond donors (Lipinski definition) is 0. The molecule has 4 heteroatoms. The van der Waals surface area contributed by atoms with E-state index in [0.717, 1.165) is 29.8 Å². The summed E-state index contributed by atoms with van der Waals surface area (Å²) in [6.07, 6.45) is 3.67. The van der Waals surface area contributed by atoms with Crippen LogP contribution in [0.2, 0.25) is 0 Å². The summed E-state index contributed by atoms with van der Waals surface area (Å²) >= 11 is 0. The number of para-hydroxylation sites is 1. The van der Waals surface area contributed by atoms with Gasteiger partial charge in [-0.2, -0.15) is 5.10 Å². The van der Waals surface area contributed by atoms with E-state index < -0.39 is 0 Å². The highest BCUT2D eigenvalue weighted by Crippen LogP contribution is 2.44. The Morgan fingerprint density at radius 1 is 1.30 bits per heavy atom. The zero-order valence-electron chi connectivity index (χ0n) is 14.2. The van der Waals surface area contributed by atoms with Gasteiger partial charge < -0.3 is 4.90 Å². The second-order valence-corrected chi connectivity index (χ2v) is 7.38. The summed E-state index contributed by atoms with van der Waals surface area (Å²) in [6, 6.07) is 8.41. The van der Waals surface area contributed by atoms with Crippen LogP contribution in [0, 0.1) is 17.8 Å². The van der Waals surface area contributed by atoms with Crippen molar-refractivity contribution in [3.05, 3.63) is 30.0 Å². The Kier molecular flexibility index (Phi) is 3.43. The van der Waals surface area contributed by atoms with Gasteiger partial charge in [-0.1, -0.05) is 38.5 Å². The number of hydrogen-bond acceptors (Lipinski definition) is 2. The Morgan fingerprint density at radius 3 is 2.87 bits per heavy atom. The molecule has 122 valence electrons. The fourth-order valence-electron chi connectivity index (χ4n) is 4.72. The monoisotopic (exact) mass is 311 g/mol. The second-order valence-electron chi connectivity index (χ2n) is 7.38. The molecule has 2 fully saturated rings. The molecule has 0 spiro atoms. The largest absolute Gasteiger partial charge is 0.334 e. The first-order chi connectivity index (χ1) is 11.1. The van der Waals surface area contributed by atoms with E-state index in [4.69, 9.17) is 0 Å². The molecule has 1 aliphatic heterocycles. The summed E-state index contributed by atoms with van der Waals surface area (Å²) in [5.74, 6) is 2.19. The predicted octanol–water partition coefficient (Wildman–Crippen LogP) is 3.47. The summed E-state index contributed by atoms with van der Waals surface area (Å²) in [6.45, 7) is 5.51. The maximum Gasteiger partial charge on any atom is 0.275 e. The van der Waals surface area contributed by atoms with E-state index in [-0.39, 0.29) is 5.91 Å². The molecule has 2 bridgehead atoms. The SMILES string of the molecule is CC[C@H]1C[C@@H]2CN(C(=O)c3nn(C)c4ccccc34)[C@H](C1)[C@@H]2C. The molecule has 0 unspecified atom stereocenters. The Labute approximate surface area is 137 Å². The van der Waals surface area contributed by atoms with Gasteiger partial charge >= 0.3 is 0 Å². The first-order valence-electron chi connectivity index (χ1n) is 8.82. The minimum atomic E-state index is 0.123. The first-order valence-corrected chi connectivity index (χ1v) is 8.82. The average molecular weight is 311 g/mol. The van der Waals surface area contributed by atoms with E-state index in [0.29, 0.717) is 23.6 Å². The zero-order chi connectivity index (χ0) is 16.1. The van der Waals surface area contributed by atoms with Crippen molar-refractivity contribution in [1.29, 1.82) is 0 Å². The fourth-order valence-corrected chi connectivity index (χ4v) is 4.72. The molecule has 4 atom stereocenters. The Balaban J connectivity index is 1.69. The number of carbonyl (C=O) groups excluding carboxylic acids is 1. The molecule has 0 radical (unpaired) electrons. The van der Waals surface area contributed by atoms with E-state index in [1.807, 2.05) is 36.0 Å². The second kappa shape index (κ2) is 5.36. The van der Waals surface area contributed by atoms with Crippen molar-refractivity contribution in [1.82, 2.24) is 14.7 Å². The summed E-state index contributed by atoms with van der Waals surface area (Å²) < 4.78 is 1.82. The van der Waals surface area contributed by atoms with E-state index in [9.17, 15) is 4.79 Å². The molecule has 1 aromatic heterocycles. The van der Waals surface area contributed by atoms with Gasteiger partial charge in [0.1, 0.15) is 0 Å². The lowest BCUT2D eigenvalue weighted by molar-refractivity contribution is 0.0693. The van der Waals surface area contributed by atoms with E-state index >= 15 is 0 Å². The summed E-state index contributed by atoms with van der Waals surface area (Å²) in [7, 11) is 1.91. The van der Waals surface area contributed by atoms with Gasteiger partial charge in [-0.3, -0.25) is 9.48 Å². The standard InChI is InChI=1S/C19H25N3O/c1-4-13-9-14-11-22(17(10-13)12(14)2)19(23)18-15-7-5-6-8-16(15)21(3)20-18/h5-8,12-14,17H,4,9-11H2,1-3H3/t12-,13+,14-,17-/m1/s1. The topological polar surface area (TPSA) is 38.1 Å². The third-order valence-corrected chi connectivity index (χ3v) is 6.19. The van der Waals surface area contributed by atoms with Crippen molar-refractivity contribution in [2.75, 3.05) is 6.54 Å². The number of rotatable bonds is 2. The van der Waals surface area contributed by atoms with Crippen molar-refractivity contribution in [3.8, 4) is 0 Å². The summed E-state index contributed by atoms with van der Waals surface area (Å²) in [5.41, 5.74) is 1.65. The third-order valence-electron chi connectivity index (χ3n) is 6.19. The molecule has 1 saturated carbocycles. The van der Waals surface area contributed by atoms with Gasteiger partial charge in [-0.25, -0.2) is 0 Å². The molecule has 4 nitrogen and oxygen atoms in total. The van der Waals surface area contributed by atoms with Crippen molar-refractivity contribution in [2.45, 2.75) is 39.2 Å². The van der Waals surface area contributed by atoms with Crippen LogP contribution in [-0.2, 0) is 7.05 Å². The number of carbonyl (C=O) groups is 1. The van der Waals surface area contributed by atoms with Gasteiger partial charge in [0.2, 0.25) is 0 Å². The number of aryl methyl sites for hydroxylation is 1. The van der Waals surface area contributed by atoms with Crippen molar-refractivity contribution < 1.29 is 4.79 Å². The number of aromatic nitrogens is 2. The average Bonchev–Trinajstić information content (AvgIpc) is 2.97. The van der Waals surface area contributed by atoms with Gasteiger partial charge in [0.25, 0.3) is 5.91 Å². The van der Waals surface area contributed by atoms with Crippen LogP contribution in [0.5, 0.6) is 0 Å². The van der Waals surface area contributed by atoms with Crippen LogP contribution in [0.1, 0.15) is 43.6 Å². The molecule has 1 aromatic carbocycles. The zero-order valence-corrected chi connectivity index (χ0v) is 14.2. The van der Waals surface area contributed by atoms with Crippen LogP contribution < -0.4 is 0 Å². The Hall–Kier alpha value is -1.84. The predicted molar refractivity (Wildman–Crippen MR) is 91.2 cm³/mol.